The molecular weight excluding hydrogens is 301 g/mol. The number of fused-ring (bicyclic) bond motifs is 1. The fourth-order valence-electron chi connectivity index (χ4n) is 2.78. The summed E-state index contributed by atoms with van der Waals surface area (Å²) in [6, 6.07) is 8.21. The Kier molecular flexibility index (Phi) is 4.69. The number of nitrogens with zero attached hydrogens (tertiary/aromatic N) is 1. The van der Waals surface area contributed by atoms with Crippen LogP contribution in [-0.2, 0) is 11.8 Å². The van der Waals surface area contributed by atoms with Crippen LogP contribution in [0.3, 0.4) is 0 Å². The van der Waals surface area contributed by atoms with E-state index in [1.165, 1.54) is 17.1 Å². The number of amides is 1. The minimum atomic E-state index is -0.785. The van der Waals surface area contributed by atoms with E-state index in [9.17, 15) is 9.18 Å². The Balaban J connectivity index is 1.52. The second-order valence-corrected chi connectivity index (χ2v) is 6.67. The van der Waals surface area contributed by atoms with E-state index in [1.54, 1.807) is 0 Å². The maximum absolute atomic E-state index is 13.0. The van der Waals surface area contributed by atoms with Crippen LogP contribution in [0, 0.1) is 0 Å². The van der Waals surface area contributed by atoms with Gasteiger partial charge in [-0.3, -0.25) is 4.79 Å². The van der Waals surface area contributed by atoms with Crippen molar-refractivity contribution in [1.82, 2.24) is 15.2 Å². The normalized spacial score (nSPS) is 21.4. The van der Waals surface area contributed by atoms with Gasteiger partial charge >= 0.3 is 0 Å². The van der Waals surface area contributed by atoms with Gasteiger partial charge in [-0.05, 0) is 12.5 Å². The first-order chi connectivity index (χ1) is 10.6. The zero-order valence-electron chi connectivity index (χ0n) is 12.5. The number of rotatable bonds is 5. The van der Waals surface area contributed by atoms with Crippen molar-refractivity contribution < 1.29 is 9.18 Å². The summed E-state index contributed by atoms with van der Waals surface area (Å²) in [5.74, 6) is 0.363. The molecule has 22 heavy (non-hydrogen) atoms. The van der Waals surface area contributed by atoms with Gasteiger partial charge in [0.15, 0.2) is 0 Å². The largest absolute Gasteiger partial charge is 0.354 e. The first-order valence-electron chi connectivity index (χ1n) is 7.44. The van der Waals surface area contributed by atoms with Crippen molar-refractivity contribution in [1.29, 1.82) is 0 Å². The first kappa shape index (κ1) is 15.4. The second kappa shape index (κ2) is 6.71. The van der Waals surface area contributed by atoms with E-state index < -0.39 is 6.17 Å². The van der Waals surface area contributed by atoms with Gasteiger partial charge in [-0.25, -0.2) is 4.39 Å². The summed E-state index contributed by atoms with van der Waals surface area (Å²) < 4.78 is 15.1. The van der Waals surface area contributed by atoms with Crippen molar-refractivity contribution >= 4 is 28.6 Å². The zero-order valence-corrected chi connectivity index (χ0v) is 13.3. The number of carbonyl (C=O) groups is 1. The Bertz CT molecular complexity index is 672. The lowest BCUT2D eigenvalue weighted by Gasteiger charge is -2.10. The van der Waals surface area contributed by atoms with Crippen LogP contribution in [0.2, 0.25) is 0 Å². The first-order valence-corrected chi connectivity index (χ1v) is 8.43. The molecule has 6 heteroatoms. The Morgan fingerprint density at radius 1 is 1.50 bits per heavy atom. The standard InChI is InChI=1S/C16H20FN3OS/c1-20-9-15(13-4-2-3-5-14(13)20)22-10-16(21)19-8-12-6-11(17)7-18-12/h2-5,9,11-12,18H,6-8,10H2,1H3,(H,19,21)/t11-,12-/m0/s1. The van der Waals surface area contributed by atoms with Crippen LogP contribution >= 0.6 is 11.8 Å². The average Bonchev–Trinajstić information content (AvgIpc) is 3.07. The Labute approximate surface area is 133 Å². The van der Waals surface area contributed by atoms with Crippen LogP contribution in [0.1, 0.15) is 6.42 Å². The van der Waals surface area contributed by atoms with Crippen molar-refractivity contribution in [2.24, 2.45) is 7.05 Å². The van der Waals surface area contributed by atoms with Crippen LogP contribution in [0.25, 0.3) is 10.9 Å². The molecule has 1 aromatic heterocycles. The number of thioether (sulfide) groups is 1. The number of hydrogen-bond acceptors (Lipinski definition) is 3. The summed E-state index contributed by atoms with van der Waals surface area (Å²) in [5.41, 5.74) is 1.16. The molecular formula is C16H20FN3OS. The summed E-state index contributed by atoms with van der Waals surface area (Å²) in [6.45, 7) is 0.890. The summed E-state index contributed by atoms with van der Waals surface area (Å²) >= 11 is 1.53. The van der Waals surface area contributed by atoms with E-state index in [2.05, 4.69) is 33.5 Å². The molecule has 0 spiro atoms. The zero-order chi connectivity index (χ0) is 15.5. The number of nitrogens with one attached hydrogen (secondary N) is 2. The van der Waals surface area contributed by atoms with Crippen molar-refractivity contribution in [3.63, 3.8) is 0 Å². The molecule has 0 unspecified atom stereocenters. The molecule has 1 aliphatic rings. The molecule has 118 valence electrons. The van der Waals surface area contributed by atoms with Crippen LogP contribution in [0.4, 0.5) is 4.39 Å². The van der Waals surface area contributed by atoms with Crippen LogP contribution in [0.15, 0.2) is 35.4 Å². The second-order valence-electron chi connectivity index (χ2n) is 5.65. The average molecular weight is 321 g/mol. The summed E-state index contributed by atoms with van der Waals surface area (Å²) in [7, 11) is 2.01. The quantitative estimate of drug-likeness (QED) is 0.829. The molecule has 0 bridgehead atoms. The fourth-order valence-corrected chi connectivity index (χ4v) is 3.73. The lowest BCUT2D eigenvalue weighted by molar-refractivity contribution is -0.118. The molecule has 3 rings (SSSR count). The highest BCUT2D eigenvalue weighted by Crippen LogP contribution is 2.29. The molecule has 1 amide bonds. The van der Waals surface area contributed by atoms with Gasteiger partial charge in [0.25, 0.3) is 0 Å². The van der Waals surface area contributed by atoms with E-state index >= 15 is 0 Å². The minimum absolute atomic E-state index is 0.0120. The molecule has 2 aromatic rings. The van der Waals surface area contributed by atoms with Gasteiger partial charge in [-0.2, -0.15) is 0 Å². The predicted molar refractivity (Wildman–Crippen MR) is 88.0 cm³/mol. The molecule has 2 heterocycles. The third-order valence-corrected chi connectivity index (χ3v) is 4.98. The van der Waals surface area contributed by atoms with E-state index in [1.807, 2.05) is 19.2 Å². The minimum Gasteiger partial charge on any atom is -0.354 e. The van der Waals surface area contributed by atoms with Crippen LogP contribution < -0.4 is 10.6 Å². The van der Waals surface area contributed by atoms with E-state index in [0.717, 1.165) is 10.4 Å². The maximum atomic E-state index is 13.0. The van der Waals surface area contributed by atoms with E-state index in [-0.39, 0.29) is 11.9 Å². The van der Waals surface area contributed by atoms with Crippen LogP contribution in [-0.4, -0.2) is 41.5 Å². The molecule has 0 aliphatic carbocycles. The number of para-hydroxylation sites is 1. The predicted octanol–water partition coefficient (Wildman–Crippen LogP) is 2.09. The molecule has 1 saturated heterocycles. The smallest absolute Gasteiger partial charge is 0.230 e. The number of carbonyl (C=O) groups excluding carboxylic acids is 1. The van der Waals surface area contributed by atoms with Gasteiger partial charge in [0.1, 0.15) is 6.17 Å². The molecule has 1 aliphatic heterocycles. The third kappa shape index (κ3) is 3.44. The number of alkyl halides is 1. The molecule has 4 nitrogen and oxygen atoms in total. The molecule has 2 N–H and O–H groups in total. The molecule has 1 aromatic carbocycles. The number of aromatic nitrogens is 1. The SMILES string of the molecule is Cn1cc(SCC(=O)NC[C@@H]2C[C@H](F)CN2)c2ccccc21. The number of aryl methyl sites for hydroxylation is 1. The molecule has 2 atom stereocenters. The Morgan fingerprint density at radius 2 is 2.32 bits per heavy atom. The molecule has 0 radical (unpaired) electrons. The van der Waals surface area contributed by atoms with Gasteiger partial charge in [0, 0.05) is 48.2 Å². The highest BCUT2D eigenvalue weighted by Gasteiger charge is 2.23. The van der Waals surface area contributed by atoms with Gasteiger partial charge < -0.3 is 15.2 Å². The van der Waals surface area contributed by atoms with Crippen molar-refractivity contribution in [2.45, 2.75) is 23.5 Å². The fraction of sp³-hybridized carbons (Fsp3) is 0.438. The summed E-state index contributed by atoms with van der Waals surface area (Å²) in [6.07, 6.45) is 1.75. The van der Waals surface area contributed by atoms with E-state index in [0.29, 0.717) is 25.3 Å². The highest BCUT2D eigenvalue weighted by molar-refractivity contribution is 8.00. The van der Waals surface area contributed by atoms with Crippen molar-refractivity contribution in [3.8, 4) is 0 Å². The third-order valence-electron chi connectivity index (χ3n) is 3.93. The Morgan fingerprint density at radius 3 is 3.09 bits per heavy atom. The van der Waals surface area contributed by atoms with E-state index in [4.69, 9.17) is 0 Å². The van der Waals surface area contributed by atoms with Gasteiger partial charge in [-0.1, -0.05) is 18.2 Å². The summed E-state index contributed by atoms with van der Waals surface area (Å²) in [4.78, 5) is 13.0. The topological polar surface area (TPSA) is 46.1 Å². The van der Waals surface area contributed by atoms with Crippen molar-refractivity contribution in [2.75, 3.05) is 18.8 Å². The number of halogens is 1. The Hall–Kier alpha value is -1.53. The lowest BCUT2D eigenvalue weighted by Crippen LogP contribution is -2.37. The highest BCUT2D eigenvalue weighted by atomic mass is 32.2. The van der Waals surface area contributed by atoms with Gasteiger partial charge in [0.2, 0.25) is 5.91 Å². The maximum Gasteiger partial charge on any atom is 0.230 e. The number of benzene rings is 1. The molecule has 0 saturated carbocycles. The van der Waals surface area contributed by atoms with Crippen LogP contribution in [0.5, 0.6) is 0 Å². The summed E-state index contributed by atoms with van der Waals surface area (Å²) in [5, 5.41) is 7.10. The van der Waals surface area contributed by atoms with Crippen molar-refractivity contribution in [3.05, 3.63) is 30.5 Å². The van der Waals surface area contributed by atoms with Gasteiger partial charge in [0.05, 0.1) is 5.75 Å². The monoisotopic (exact) mass is 321 g/mol. The number of hydrogen-bond donors (Lipinski definition) is 2. The van der Waals surface area contributed by atoms with Gasteiger partial charge in [-0.15, -0.1) is 11.8 Å². The lowest BCUT2D eigenvalue weighted by atomic mass is 10.2. The molecule has 1 fully saturated rings.